The van der Waals surface area contributed by atoms with Gasteiger partial charge in [0.1, 0.15) is 5.75 Å². The topological polar surface area (TPSA) is 49.9 Å². The summed E-state index contributed by atoms with van der Waals surface area (Å²) >= 11 is 1.68. The van der Waals surface area contributed by atoms with Gasteiger partial charge in [0.05, 0.1) is 25.6 Å². The summed E-state index contributed by atoms with van der Waals surface area (Å²) in [6, 6.07) is 12.0. The minimum absolute atomic E-state index is 0.0319. The molecule has 0 saturated carbocycles. The summed E-state index contributed by atoms with van der Waals surface area (Å²) in [6.07, 6.45) is 5.38. The third-order valence-corrected chi connectivity index (χ3v) is 6.35. The number of ether oxygens (including phenoxy) is 1. The molecule has 4 rings (SSSR count). The molecule has 1 aliphatic carbocycles. The number of nitrogens with zero attached hydrogens (tertiary/aromatic N) is 2. The molecule has 2 amide bonds. The number of likely N-dealkylation sites (tertiary alicyclic amines) is 1. The van der Waals surface area contributed by atoms with Crippen LogP contribution in [0.4, 0.5) is 0 Å². The Morgan fingerprint density at radius 2 is 1.75 bits per heavy atom. The Bertz CT molecular complexity index is 852. The van der Waals surface area contributed by atoms with Crippen molar-refractivity contribution in [3.63, 3.8) is 0 Å². The normalized spacial score (nSPS) is 21.4. The van der Waals surface area contributed by atoms with Gasteiger partial charge in [-0.3, -0.25) is 19.4 Å². The first-order valence-electron chi connectivity index (χ1n) is 9.54. The van der Waals surface area contributed by atoms with Crippen LogP contribution in [-0.4, -0.2) is 35.4 Å². The summed E-state index contributed by atoms with van der Waals surface area (Å²) in [7, 11) is 1.66. The molecule has 1 fully saturated rings. The van der Waals surface area contributed by atoms with Gasteiger partial charge in [-0.1, -0.05) is 36.4 Å². The van der Waals surface area contributed by atoms with E-state index in [4.69, 9.17) is 4.74 Å². The van der Waals surface area contributed by atoms with E-state index >= 15 is 0 Å². The molecule has 6 heteroatoms. The molecule has 1 aromatic carbocycles. The van der Waals surface area contributed by atoms with Crippen molar-refractivity contribution in [1.29, 1.82) is 0 Å². The molecule has 2 aliphatic rings. The number of carbonyl (C=O) groups is 2. The van der Waals surface area contributed by atoms with E-state index in [2.05, 4.69) is 11.0 Å². The van der Waals surface area contributed by atoms with E-state index in [-0.39, 0.29) is 23.7 Å². The predicted octanol–water partition coefficient (Wildman–Crippen LogP) is 3.67. The third-order valence-electron chi connectivity index (χ3n) is 5.49. The Balaban J connectivity index is 1.55. The molecular formula is C22H24N2O3S. The molecule has 1 aliphatic heterocycles. The molecular weight excluding hydrogens is 372 g/mol. The van der Waals surface area contributed by atoms with Gasteiger partial charge in [-0.05, 0) is 30.4 Å². The second-order valence-corrected chi connectivity index (χ2v) is 8.31. The van der Waals surface area contributed by atoms with E-state index in [0.29, 0.717) is 32.6 Å². The standard InChI is InChI=1S/C22H24N2O3S/c1-27-20-11-5-2-7-16(20)13-23(14-17-8-6-12-28-17)15-24-21(25)18-9-3-4-10-19(18)22(24)26/h2-8,11-12,18-19H,9-10,13-15H2,1H3/t18-,19-/m1/s1. The van der Waals surface area contributed by atoms with Gasteiger partial charge in [-0.25, -0.2) is 0 Å². The number of amides is 2. The molecule has 2 aromatic rings. The first kappa shape index (κ1) is 18.9. The minimum atomic E-state index is -0.188. The van der Waals surface area contributed by atoms with Gasteiger partial charge in [0.2, 0.25) is 11.8 Å². The zero-order valence-corrected chi connectivity index (χ0v) is 16.7. The maximum atomic E-state index is 12.9. The maximum absolute atomic E-state index is 12.9. The molecule has 0 radical (unpaired) electrons. The summed E-state index contributed by atoms with van der Waals surface area (Å²) in [5.41, 5.74) is 1.04. The van der Waals surface area contributed by atoms with Crippen molar-refractivity contribution in [2.75, 3.05) is 13.8 Å². The van der Waals surface area contributed by atoms with Gasteiger partial charge < -0.3 is 4.74 Å². The Labute approximate surface area is 169 Å². The monoisotopic (exact) mass is 396 g/mol. The highest BCUT2D eigenvalue weighted by Crippen LogP contribution is 2.35. The number of thiophene rings is 1. The number of imide groups is 1. The smallest absolute Gasteiger partial charge is 0.234 e. The van der Waals surface area contributed by atoms with Crippen molar-refractivity contribution in [3.05, 3.63) is 64.4 Å². The van der Waals surface area contributed by atoms with Crippen LogP contribution >= 0.6 is 11.3 Å². The number of hydrogen-bond acceptors (Lipinski definition) is 5. The first-order valence-corrected chi connectivity index (χ1v) is 10.4. The molecule has 0 bridgehead atoms. The fourth-order valence-electron chi connectivity index (χ4n) is 4.06. The SMILES string of the molecule is COc1ccccc1CN(Cc1cccs1)CN1C(=O)[C@@H]2CC=CC[C@H]2C1=O. The number of hydrogen-bond donors (Lipinski definition) is 0. The van der Waals surface area contributed by atoms with Crippen molar-refractivity contribution in [3.8, 4) is 5.75 Å². The molecule has 5 nitrogen and oxygen atoms in total. The van der Waals surface area contributed by atoms with E-state index in [1.165, 1.54) is 9.78 Å². The highest BCUT2D eigenvalue weighted by Gasteiger charge is 2.47. The van der Waals surface area contributed by atoms with Crippen LogP contribution in [0.2, 0.25) is 0 Å². The number of rotatable bonds is 7. The zero-order chi connectivity index (χ0) is 19.5. The number of benzene rings is 1. The lowest BCUT2D eigenvalue weighted by Gasteiger charge is -2.27. The molecule has 0 spiro atoms. The van der Waals surface area contributed by atoms with Gasteiger partial charge in [0.15, 0.2) is 0 Å². The number of carbonyl (C=O) groups excluding carboxylic acids is 2. The third kappa shape index (κ3) is 3.75. The average molecular weight is 397 g/mol. The van der Waals surface area contributed by atoms with Crippen molar-refractivity contribution in [1.82, 2.24) is 9.80 Å². The summed E-state index contributed by atoms with van der Waals surface area (Å²) in [6.45, 7) is 1.59. The van der Waals surface area contributed by atoms with E-state index in [9.17, 15) is 9.59 Å². The fourth-order valence-corrected chi connectivity index (χ4v) is 4.81. The van der Waals surface area contributed by atoms with Gasteiger partial charge in [-0.2, -0.15) is 0 Å². The van der Waals surface area contributed by atoms with Crippen LogP contribution in [0.3, 0.4) is 0 Å². The van der Waals surface area contributed by atoms with Gasteiger partial charge in [-0.15, -0.1) is 11.3 Å². The van der Waals surface area contributed by atoms with Crippen LogP contribution in [0, 0.1) is 11.8 Å². The van der Waals surface area contributed by atoms with E-state index in [0.717, 1.165) is 11.3 Å². The van der Waals surface area contributed by atoms with Gasteiger partial charge >= 0.3 is 0 Å². The van der Waals surface area contributed by atoms with E-state index in [1.807, 2.05) is 47.9 Å². The van der Waals surface area contributed by atoms with Crippen LogP contribution in [0.25, 0.3) is 0 Å². The molecule has 2 atom stereocenters. The fraction of sp³-hybridized carbons (Fsp3) is 0.364. The lowest BCUT2D eigenvalue weighted by molar-refractivity contribution is -0.142. The quantitative estimate of drug-likeness (QED) is 0.529. The maximum Gasteiger partial charge on any atom is 0.234 e. The Morgan fingerprint density at radius 3 is 2.39 bits per heavy atom. The van der Waals surface area contributed by atoms with Crippen molar-refractivity contribution in [2.45, 2.75) is 25.9 Å². The second kappa shape index (κ2) is 8.29. The van der Waals surface area contributed by atoms with Crippen LogP contribution in [0.15, 0.2) is 53.9 Å². The molecule has 1 aromatic heterocycles. The lowest BCUT2D eigenvalue weighted by atomic mass is 9.85. The average Bonchev–Trinajstić information content (AvgIpc) is 3.31. The molecule has 2 heterocycles. The molecule has 28 heavy (non-hydrogen) atoms. The minimum Gasteiger partial charge on any atom is -0.496 e. The Morgan fingerprint density at radius 1 is 1.04 bits per heavy atom. The number of para-hydroxylation sites is 1. The van der Waals surface area contributed by atoms with E-state index < -0.39 is 0 Å². The van der Waals surface area contributed by atoms with Crippen molar-refractivity contribution < 1.29 is 14.3 Å². The van der Waals surface area contributed by atoms with Gasteiger partial charge in [0, 0.05) is 23.5 Å². The highest BCUT2D eigenvalue weighted by molar-refractivity contribution is 7.09. The Kier molecular flexibility index (Phi) is 5.59. The lowest BCUT2D eigenvalue weighted by Crippen LogP contribution is -2.41. The molecule has 0 unspecified atom stereocenters. The van der Waals surface area contributed by atoms with Crippen LogP contribution in [-0.2, 0) is 22.7 Å². The predicted molar refractivity (Wildman–Crippen MR) is 109 cm³/mol. The van der Waals surface area contributed by atoms with Crippen LogP contribution < -0.4 is 4.74 Å². The Hall–Kier alpha value is -2.44. The number of fused-ring (bicyclic) bond motifs is 1. The van der Waals surface area contributed by atoms with Gasteiger partial charge in [0.25, 0.3) is 0 Å². The zero-order valence-electron chi connectivity index (χ0n) is 15.9. The first-order chi connectivity index (χ1) is 13.7. The summed E-state index contributed by atoms with van der Waals surface area (Å²) in [5, 5.41) is 2.04. The second-order valence-electron chi connectivity index (χ2n) is 7.28. The summed E-state index contributed by atoms with van der Waals surface area (Å²) in [5.74, 6) is 0.376. The van der Waals surface area contributed by atoms with Crippen molar-refractivity contribution in [2.24, 2.45) is 11.8 Å². The highest BCUT2D eigenvalue weighted by atomic mass is 32.1. The summed E-state index contributed by atoms with van der Waals surface area (Å²) < 4.78 is 5.49. The molecule has 1 saturated heterocycles. The molecule has 146 valence electrons. The van der Waals surface area contributed by atoms with Crippen LogP contribution in [0.1, 0.15) is 23.3 Å². The number of methoxy groups -OCH3 is 1. The number of allylic oxidation sites excluding steroid dienone is 2. The summed E-state index contributed by atoms with van der Waals surface area (Å²) in [4.78, 5) is 30.6. The largest absolute Gasteiger partial charge is 0.496 e. The molecule has 0 N–H and O–H groups in total. The van der Waals surface area contributed by atoms with Crippen LogP contribution in [0.5, 0.6) is 5.75 Å². The van der Waals surface area contributed by atoms with E-state index in [1.54, 1.807) is 18.4 Å². The van der Waals surface area contributed by atoms with Crippen molar-refractivity contribution >= 4 is 23.2 Å².